The number of hydrogen-bond donors (Lipinski definition) is 0. The van der Waals surface area contributed by atoms with Crippen molar-refractivity contribution in [1.29, 1.82) is 0 Å². The van der Waals surface area contributed by atoms with Crippen LogP contribution in [0, 0.1) is 0 Å². The Labute approximate surface area is 206 Å². The first-order valence-electron chi connectivity index (χ1n) is 11.0. The predicted molar refractivity (Wildman–Crippen MR) is 134 cm³/mol. The molecule has 2 aromatic heterocycles. The number of nitrogens with zero attached hydrogens (tertiary/aromatic N) is 3. The molecular weight excluding hydrogens is 462 g/mol. The van der Waals surface area contributed by atoms with Crippen LogP contribution in [0.1, 0.15) is 0 Å². The highest BCUT2D eigenvalue weighted by Crippen LogP contribution is 2.35. The maximum atomic E-state index is 13.4. The second-order valence-electron chi connectivity index (χ2n) is 7.79. The standard InChI is InChI=1S/C27H23N3O6/c1-32-17-10-11-20(23(14-17)34-3)25-28-26(36-29-25)21-15-30(27(31)19-8-6-5-7-18(19)21)16-9-12-22(33-2)24(13-16)35-4/h5-15H,1-4H3. The van der Waals surface area contributed by atoms with Crippen molar-refractivity contribution in [2.24, 2.45) is 0 Å². The van der Waals surface area contributed by atoms with E-state index < -0.39 is 0 Å². The average Bonchev–Trinajstić information content (AvgIpc) is 3.42. The molecule has 182 valence electrons. The first-order chi connectivity index (χ1) is 17.6. The SMILES string of the molecule is COc1ccc(-c2noc(-c3cn(-c4ccc(OC)c(OC)c4)c(=O)c4ccccc34)n2)c(OC)c1. The number of fused-ring (bicyclic) bond motifs is 1. The lowest BCUT2D eigenvalue weighted by Gasteiger charge is -2.13. The van der Waals surface area contributed by atoms with Gasteiger partial charge in [0.05, 0.1) is 45.3 Å². The molecule has 5 rings (SSSR count). The minimum atomic E-state index is -0.196. The van der Waals surface area contributed by atoms with Crippen molar-refractivity contribution in [2.75, 3.05) is 28.4 Å². The Kier molecular flexibility index (Phi) is 6.03. The number of pyridine rings is 1. The molecule has 0 saturated heterocycles. The van der Waals surface area contributed by atoms with E-state index in [1.165, 1.54) is 4.57 Å². The minimum Gasteiger partial charge on any atom is -0.497 e. The summed E-state index contributed by atoms with van der Waals surface area (Å²) in [4.78, 5) is 18.1. The molecule has 36 heavy (non-hydrogen) atoms. The third kappa shape index (κ3) is 3.90. The highest BCUT2D eigenvalue weighted by molar-refractivity contribution is 5.94. The molecule has 0 saturated carbocycles. The van der Waals surface area contributed by atoms with Crippen molar-refractivity contribution in [3.63, 3.8) is 0 Å². The summed E-state index contributed by atoms with van der Waals surface area (Å²) >= 11 is 0. The van der Waals surface area contributed by atoms with E-state index in [1.54, 1.807) is 77.1 Å². The zero-order valence-corrected chi connectivity index (χ0v) is 20.1. The fourth-order valence-electron chi connectivity index (χ4n) is 4.05. The molecule has 0 aliphatic heterocycles. The van der Waals surface area contributed by atoms with Gasteiger partial charge in [0.15, 0.2) is 11.5 Å². The van der Waals surface area contributed by atoms with Crippen LogP contribution in [0.25, 0.3) is 39.3 Å². The van der Waals surface area contributed by atoms with Gasteiger partial charge in [0.25, 0.3) is 11.4 Å². The van der Waals surface area contributed by atoms with Gasteiger partial charge in [-0.15, -0.1) is 0 Å². The molecule has 5 aromatic rings. The highest BCUT2D eigenvalue weighted by atomic mass is 16.5. The van der Waals surface area contributed by atoms with Gasteiger partial charge >= 0.3 is 0 Å². The molecule has 0 fully saturated rings. The van der Waals surface area contributed by atoms with Crippen molar-refractivity contribution in [2.45, 2.75) is 0 Å². The van der Waals surface area contributed by atoms with Crippen molar-refractivity contribution in [3.05, 3.63) is 77.2 Å². The van der Waals surface area contributed by atoms with Gasteiger partial charge in [-0.25, -0.2) is 0 Å². The second kappa shape index (κ2) is 9.46. The zero-order chi connectivity index (χ0) is 25.2. The summed E-state index contributed by atoms with van der Waals surface area (Å²) in [6.45, 7) is 0. The summed E-state index contributed by atoms with van der Waals surface area (Å²) < 4.78 is 28.7. The summed E-state index contributed by atoms with van der Waals surface area (Å²) in [5.74, 6) is 2.86. The Morgan fingerprint density at radius 1 is 0.750 bits per heavy atom. The number of aromatic nitrogens is 3. The highest BCUT2D eigenvalue weighted by Gasteiger charge is 2.20. The van der Waals surface area contributed by atoms with Crippen molar-refractivity contribution in [3.8, 4) is 51.5 Å². The van der Waals surface area contributed by atoms with E-state index in [-0.39, 0.29) is 11.4 Å². The van der Waals surface area contributed by atoms with Gasteiger partial charge in [-0.1, -0.05) is 23.4 Å². The molecule has 0 aliphatic carbocycles. The van der Waals surface area contributed by atoms with Crippen LogP contribution in [-0.4, -0.2) is 43.1 Å². The van der Waals surface area contributed by atoms with Crippen LogP contribution >= 0.6 is 0 Å². The molecule has 9 nitrogen and oxygen atoms in total. The molecule has 0 amide bonds. The lowest BCUT2D eigenvalue weighted by Crippen LogP contribution is -2.18. The van der Waals surface area contributed by atoms with E-state index in [0.717, 1.165) is 0 Å². The number of benzene rings is 3. The maximum Gasteiger partial charge on any atom is 0.262 e. The topological polar surface area (TPSA) is 97.8 Å². The van der Waals surface area contributed by atoms with E-state index in [1.807, 2.05) is 18.2 Å². The Hall–Kier alpha value is -4.79. The Bertz CT molecular complexity index is 1620. The Balaban J connectivity index is 1.69. The lowest BCUT2D eigenvalue weighted by atomic mass is 10.1. The van der Waals surface area contributed by atoms with Crippen LogP contribution < -0.4 is 24.5 Å². The molecule has 2 heterocycles. The van der Waals surface area contributed by atoms with Crippen LogP contribution in [0.3, 0.4) is 0 Å². The molecule has 3 aromatic carbocycles. The summed E-state index contributed by atoms with van der Waals surface area (Å²) in [6.07, 6.45) is 1.69. The molecule has 0 spiro atoms. The van der Waals surface area contributed by atoms with Crippen LogP contribution in [0.5, 0.6) is 23.0 Å². The molecule has 0 atom stereocenters. The number of hydrogen-bond acceptors (Lipinski definition) is 8. The number of rotatable bonds is 7. The van der Waals surface area contributed by atoms with Crippen molar-refractivity contribution < 1.29 is 23.5 Å². The molecule has 9 heteroatoms. The second-order valence-corrected chi connectivity index (χ2v) is 7.79. The molecule has 0 radical (unpaired) electrons. The summed E-state index contributed by atoms with van der Waals surface area (Å²) in [6, 6.07) is 17.9. The lowest BCUT2D eigenvalue weighted by molar-refractivity contribution is 0.355. The zero-order valence-electron chi connectivity index (χ0n) is 20.1. The maximum absolute atomic E-state index is 13.4. The van der Waals surface area contributed by atoms with E-state index in [9.17, 15) is 4.79 Å². The van der Waals surface area contributed by atoms with Crippen molar-refractivity contribution >= 4 is 10.8 Å². The monoisotopic (exact) mass is 485 g/mol. The van der Waals surface area contributed by atoms with E-state index in [0.29, 0.717) is 56.4 Å². The number of methoxy groups -OCH3 is 4. The van der Waals surface area contributed by atoms with Crippen LogP contribution in [0.15, 0.2) is 76.2 Å². The molecule has 0 N–H and O–H groups in total. The summed E-state index contributed by atoms with van der Waals surface area (Å²) in [5, 5.41) is 5.37. The van der Waals surface area contributed by atoms with Gasteiger partial charge < -0.3 is 23.5 Å². The normalized spacial score (nSPS) is 10.9. The third-order valence-electron chi connectivity index (χ3n) is 5.88. The fourth-order valence-corrected chi connectivity index (χ4v) is 4.05. The Morgan fingerprint density at radius 2 is 1.50 bits per heavy atom. The van der Waals surface area contributed by atoms with E-state index in [4.69, 9.17) is 23.5 Å². The third-order valence-corrected chi connectivity index (χ3v) is 5.88. The molecular formula is C27H23N3O6. The largest absolute Gasteiger partial charge is 0.497 e. The molecule has 0 bridgehead atoms. The van der Waals surface area contributed by atoms with Gasteiger partial charge in [0.1, 0.15) is 11.5 Å². The predicted octanol–water partition coefficient (Wildman–Crippen LogP) is 4.74. The van der Waals surface area contributed by atoms with Crippen molar-refractivity contribution in [1.82, 2.24) is 14.7 Å². The van der Waals surface area contributed by atoms with E-state index in [2.05, 4.69) is 10.1 Å². The van der Waals surface area contributed by atoms with Crippen LogP contribution in [0.2, 0.25) is 0 Å². The smallest absolute Gasteiger partial charge is 0.262 e. The first kappa shape index (κ1) is 23.0. The summed E-state index contributed by atoms with van der Waals surface area (Å²) in [7, 11) is 6.25. The quantitative estimate of drug-likeness (QED) is 0.326. The van der Waals surface area contributed by atoms with Crippen LogP contribution in [0.4, 0.5) is 0 Å². The number of ether oxygens (including phenoxy) is 4. The minimum absolute atomic E-state index is 0.196. The Morgan fingerprint density at radius 3 is 2.22 bits per heavy atom. The first-order valence-corrected chi connectivity index (χ1v) is 11.0. The van der Waals surface area contributed by atoms with Gasteiger partial charge in [-0.3, -0.25) is 9.36 Å². The molecule has 0 unspecified atom stereocenters. The van der Waals surface area contributed by atoms with Crippen LogP contribution in [-0.2, 0) is 0 Å². The fraction of sp³-hybridized carbons (Fsp3) is 0.148. The molecule has 0 aliphatic rings. The summed E-state index contributed by atoms with van der Waals surface area (Å²) in [5.41, 5.74) is 1.65. The van der Waals surface area contributed by atoms with E-state index >= 15 is 0 Å². The van der Waals surface area contributed by atoms with Gasteiger partial charge in [0.2, 0.25) is 5.82 Å². The van der Waals surface area contributed by atoms with Gasteiger partial charge in [0, 0.05) is 29.1 Å². The van der Waals surface area contributed by atoms with Gasteiger partial charge in [-0.2, -0.15) is 4.98 Å². The van der Waals surface area contributed by atoms with Gasteiger partial charge in [-0.05, 0) is 30.3 Å². The average molecular weight is 485 g/mol.